The van der Waals surface area contributed by atoms with Crippen molar-refractivity contribution in [3.05, 3.63) is 35.4 Å². The lowest BCUT2D eigenvalue weighted by atomic mass is 9.82. The van der Waals surface area contributed by atoms with Gasteiger partial charge in [0, 0.05) is 18.0 Å². The Balaban J connectivity index is 1.61. The SMILES string of the molecule is ClC1CCCCC1NCC1CCCc2ccccc21. The highest BCUT2D eigenvalue weighted by molar-refractivity contribution is 6.21. The summed E-state index contributed by atoms with van der Waals surface area (Å²) in [4.78, 5) is 0. The highest BCUT2D eigenvalue weighted by Crippen LogP contribution is 2.31. The van der Waals surface area contributed by atoms with Gasteiger partial charge in [0.05, 0.1) is 0 Å². The molecule has 104 valence electrons. The van der Waals surface area contributed by atoms with Crippen LogP contribution in [0.2, 0.25) is 0 Å². The molecule has 1 aromatic carbocycles. The van der Waals surface area contributed by atoms with E-state index in [0.29, 0.717) is 17.3 Å². The van der Waals surface area contributed by atoms with Crippen LogP contribution in [0.5, 0.6) is 0 Å². The summed E-state index contributed by atoms with van der Waals surface area (Å²) in [6, 6.07) is 9.50. The van der Waals surface area contributed by atoms with E-state index < -0.39 is 0 Å². The normalized spacial score (nSPS) is 30.9. The molecule has 1 nitrogen and oxygen atoms in total. The van der Waals surface area contributed by atoms with Gasteiger partial charge in [-0.05, 0) is 49.1 Å². The van der Waals surface area contributed by atoms with Crippen LogP contribution in [0.4, 0.5) is 0 Å². The molecule has 1 fully saturated rings. The van der Waals surface area contributed by atoms with Crippen LogP contribution in [0.15, 0.2) is 24.3 Å². The molecule has 0 saturated heterocycles. The van der Waals surface area contributed by atoms with E-state index in [0.717, 1.165) is 6.54 Å². The molecule has 2 aliphatic rings. The third-order valence-corrected chi connectivity index (χ3v) is 5.32. The van der Waals surface area contributed by atoms with Gasteiger partial charge in [0.25, 0.3) is 0 Å². The minimum Gasteiger partial charge on any atom is -0.312 e. The summed E-state index contributed by atoms with van der Waals surface area (Å²) < 4.78 is 0. The molecule has 1 saturated carbocycles. The van der Waals surface area contributed by atoms with Gasteiger partial charge in [-0.3, -0.25) is 0 Å². The smallest absolute Gasteiger partial charge is 0.0489 e. The fourth-order valence-electron chi connectivity index (χ4n) is 3.68. The van der Waals surface area contributed by atoms with E-state index >= 15 is 0 Å². The summed E-state index contributed by atoms with van der Waals surface area (Å²) >= 11 is 6.44. The first-order valence-corrected chi connectivity index (χ1v) is 8.23. The molecule has 0 bridgehead atoms. The van der Waals surface area contributed by atoms with Crippen LogP contribution in [0.25, 0.3) is 0 Å². The fraction of sp³-hybridized carbons (Fsp3) is 0.647. The molecule has 0 amide bonds. The number of hydrogen-bond donors (Lipinski definition) is 1. The largest absolute Gasteiger partial charge is 0.312 e. The summed E-state index contributed by atoms with van der Waals surface area (Å²) in [6.45, 7) is 1.10. The number of aryl methyl sites for hydroxylation is 1. The quantitative estimate of drug-likeness (QED) is 0.815. The minimum absolute atomic E-state index is 0.340. The summed E-state index contributed by atoms with van der Waals surface area (Å²) in [5, 5.41) is 4.09. The van der Waals surface area contributed by atoms with E-state index in [9.17, 15) is 0 Å². The maximum Gasteiger partial charge on any atom is 0.0489 e. The molecular formula is C17H24ClN. The Bertz CT molecular complexity index is 417. The highest BCUT2D eigenvalue weighted by Gasteiger charge is 2.25. The van der Waals surface area contributed by atoms with Crippen LogP contribution in [0.1, 0.15) is 55.6 Å². The van der Waals surface area contributed by atoms with Crippen LogP contribution in [-0.2, 0) is 6.42 Å². The van der Waals surface area contributed by atoms with Gasteiger partial charge in [-0.15, -0.1) is 11.6 Å². The Labute approximate surface area is 121 Å². The number of hydrogen-bond acceptors (Lipinski definition) is 1. The number of fused-ring (bicyclic) bond motifs is 1. The van der Waals surface area contributed by atoms with Crippen LogP contribution in [0, 0.1) is 0 Å². The summed E-state index contributed by atoms with van der Waals surface area (Å²) in [5.74, 6) is 0.691. The molecule has 3 atom stereocenters. The molecule has 2 heteroatoms. The summed E-state index contributed by atoms with van der Waals surface area (Å²) in [5.41, 5.74) is 3.13. The Hall–Kier alpha value is -0.530. The highest BCUT2D eigenvalue weighted by atomic mass is 35.5. The van der Waals surface area contributed by atoms with Crippen LogP contribution in [-0.4, -0.2) is 18.0 Å². The molecule has 1 aromatic rings. The first-order valence-electron chi connectivity index (χ1n) is 7.80. The molecule has 19 heavy (non-hydrogen) atoms. The molecule has 3 unspecified atom stereocenters. The molecule has 1 N–H and O–H groups in total. The van der Waals surface area contributed by atoms with E-state index in [2.05, 4.69) is 29.6 Å². The standard InChI is InChI=1S/C17H24ClN/c18-16-10-3-4-11-17(16)19-12-14-8-5-7-13-6-1-2-9-15(13)14/h1-2,6,9,14,16-17,19H,3-5,7-8,10-12H2. The first-order chi connectivity index (χ1) is 9.34. The predicted molar refractivity (Wildman–Crippen MR) is 82.0 cm³/mol. The number of halogens is 1. The monoisotopic (exact) mass is 277 g/mol. The zero-order valence-corrected chi connectivity index (χ0v) is 12.3. The van der Waals surface area contributed by atoms with Crippen molar-refractivity contribution in [2.75, 3.05) is 6.54 Å². The lowest BCUT2D eigenvalue weighted by molar-refractivity contribution is 0.362. The molecule has 0 spiro atoms. The van der Waals surface area contributed by atoms with Crippen LogP contribution < -0.4 is 5.32 Å². The lowest BCUT2D eigenvalue weighted by Crippen LogP contribution is -2.41. The third-order valence-electron chi connectivity index (χ3n) is 4.80. The van der Waals surface area contributed by atoms with E-state index in [-0.39, 0.29) is 0 Å². The zero-order valence-electron chi connectivity index (χ0n) is 11.6. The Morgan fingerprint density at radius 2 is 1.89 bits per heavy atom. The molecular weight excluding hydrogens is 254 g/mol. The predicted octanol–water partition coefficient (Wildman–Crippen LogP) is 4.25. The van der Waals surface area contributed by atoms with Crippen LogP contribution >= 0.6 is 11.6 Å². The lowest BCUT2D eigenvalue weighted by Gasteiger charge is -2.31. The summed E-state index contributed by atoms with van der Waals surface area (Å²) in [7, 11) is 0. The summed E-state index contributed by atoms with van der Waals surface area (Å²) in [6.07, 6.45) is 8.99. The number of rotatable bonds is 3. The molecule has 0 heterocycles. The second-order valence-corrected chi connectivity index (χ2v) is 6.66. The Morgan fingerprint density at radius 3 is 2.79 bits per heavy atom. The number of benzene rings is 1. The Kier molecular flexibility index (Phi) is 4.45. The molecule has 0 aliphatic heterocycles. The van der Waals surface area contributed by atoms with Gasteiger partial charge in [0.2, 0.25) is 0 Å². The van der Waals surface area contributed by atoms with Gasteiger partial charge in [-0.25, -0.2) is 0 Å². The van der Waals surface area contributed by atoms with Crippen LogP contribution in [0.3, 0.4) is 0 Å². The maximum absolute atomic E-state index is 6.44. The molecule has 0 aromatic heterocycles. The van der Waals surface area contributed by atoms with E-state index in [4.69, 9.17) is 11.6 Å². The molecule has 0 radical (unpaired) electrons. The van der Waals surface area contributed by atoms with Gasteiger partial charge < -0.3 is 5.32 Å². The maximum atomic E-state index is 6.44. The van der Waals surface area contributed by atoms with Crippen molar-refractivity contribution >= 4 is 11.6 Å². The molecule has 2 aliphatic carbocycles. The second-order valence-electron chi connectivity index (χ2n) is 6.10. The first kappa shape index (κ1) is 13.5. The Morgan fingerprint density at radius 1 is 1.05 bits per heavy atom. The third kappa shape index (κ3) is 3.14. The zero-order chi connectivity index (χ0) is 13.1. The second kappa shape index (κ2) is 6.28. The average Bonchev–Trinajstić information content (AvgIpc) is 2.46. The van der Waals surface area contributed by atoms with Gasteiger partial charge in [0.15, 0.2) is 0 Å². The molecule has 3 rings (SSSR count). The van der Waals surface area contributed by atoms with Gasteiger partial charge in [0.1, 0.15) is 0 Å². The van der Waals surface area contributed by atoms with Crippen molar-refractivity contribution in [2.45, 2.75) is 62.3 Å². The van der Waals surface area contributed by atoms with E-state index in [1.54, 1.807) is 11.1 Å². The van der Waals surface area contributed by atoms with Crippen molar-refractivity contribution in [3.63, 3.8) is 0 Å². The average molecular weight is 278 g/mol. The van der Waals surface area contributed by atoms with Crippen molar-refractivity contribution in [3.8, 4) is 0 Å². The van der Waals surface area contributed by atoms with Gasteiger partial charge in [-0.2, -0.15) is 0 Å². The van der Waals surface area contributed by atoms with Crippen molar-refractivity contribution < 1.29 is 0 Å². The van der Waals surface area contributed by atoms with Crippen molar-refractivity contribution in [1.29, 1.82) is 0 Å². The fourth-order valence-corrected chi connectivity index (χ4v) is 4.05. The number of alkyl halides is 1. The van der Waals surface area contributed by atoms with E-state index in [1.807, 2.05) is 0 Å². The van der Waals surface area contributed by atoms with Gasteiger partial charge in [-0.1, -0.05) is 37.1 Å². The van der Waals surface area contributed by atoms with Gasteiger partial charge >= 0.3 is 0 Å². The minimum atomic E-state index is 0.340. The topological polar surface area (TPSA) is 12.0 Å². The van der Waals surface area contributed by atoms with Crippen molar-refractivity contribution in [1.82, 2.24) is 5.32 Å². The van der Waals surface area contributed by atoms with Crippen molar-refractivity contribution in [2.24, 2.45) is 0 Å². The van der Waals surface area contributed by atoms with E-state index in [1.165, 1.54) is 44.9 Å². The number of nitrogens with one attached hydrogen (secondary N) is 1.